The van der Waals surface area contributed by atoms with Crippen molar-refractivity contribution in [1.82, 2.24) is 0 Å². The molecule has 1 unspecified atom stereocenters. The van der Waals surface area contributed by atoms with Crippen LogP contribution in [0.1, 0.15) is 20.0 Å². The van der Waals surface area contributed by atoms with Gasteiger partial charge in [0, 0.05) is 5.75 Å². The molecule has 14 heavy (non-hydrogen) atoms. The summed E-state index contributed by atoms with van der Waals surface area (Å²) in [4.78, 5) is 22.1. The topological polar surface area (TPSA) is 74.6 Å². The van der Waals surface area contributed by atoms with Crippen molar-refractivity contribution in [2.45, 2.75) is 10.3 Å². The predicted molar refractivity (Wildman–Crippen MR) is 52.4 cm³/mol. The zero-order valence-corrected chi connectivity index (χ0v) is 8.52. The first-order valence-electron chi connectivity index (χ1n) is 3.81. The van der Waals surface area contributed by atoms with Crippen molar-refractivity contribution in [3.05, 3.63) is 10.4 Å². The van der Waals surface area contributed by atoms with Crippen LogP contribution in [0.4, 0.5) is 0 Å². The molecule has 0 bridgehead atoms. The molecule has 74 valence electrons. The first-order valence-corrected chi connectivity index (χ1v) is 5.61. The third kappa shape index (κ3) is 1.26. The third-order valence-corrected chi connectivity index (χ3v) is 4.36. The van der Waals surface area contributed by atoms with Crippen LogP contribution in [-0.4, -0.2) is 34.1 Å². The van der Waals surface area contributed by atoms with Gasteiger partial charge in [0.05, 0.1) is 9.77 Å². The molecule has 0 aromatic carbocycles. The average Bonchev–Trinajstić information content (AvgIpc) is 2.50. The number of ketones is 1. The van der Waals surface area contributed by atoms with Crippen LogP contribution < -0.4 is 0 Å². The molecule has 0 saturated carbocycles. The monoisotopic (exact) mass is 230 g/mol. The van der Waals surface area contributed by atoms with Gasteiger partial charge in [0.25, 0.3) is 0 Å². The van der Waals surface area contributed by atoms with E-state index < -0.39 is 11.9 Å². The summed E-state index contributed by atoms with van der Waals surface area (Å²) in [6.07, 6.45) is -0.564. The SMILES string of the molecule is O=Cc1sc2c(c1O)C(=O)C(O)CS2. The summed E-state index contributed by atoms with van der Waals surface area (Å²) in [7, 11) is 0. The van der Waals surface area contributed by atoms with Crippen LogP contribution in [0.3, 0.4) is 0 Å². The number of hydrogen-bond donors (Lipinski definition) is 2. The number of aromatic hydroxyl groups is 1. The lowest BCUT2D eigenvalue weighted by Gasteiger charge is -2.14. The van der Waals surface area contributed by atoms with E-state index in [1.54, 1.807) is 0 Å². The highest BCUT2D eigenvalue weighted by Gasteiger charge is 2.32. The van der Waals surface area contributed by atoms with E-state index in [2.05, 4.69) is 0 Å². The summed E-state index contributed by atoms with van der Waals surface area (Å²) in [5.74, 6) is -0.513. The molecule has 0 amide bonds. The predicted octanol–water partition coefficient (Wildman–Crippen LogP) is 0.915. The van der Waals surface area contributed by atoms with Crippen molar-refractivity contribution < 1.29 is 19.8 Å². The molecule has 0 radical (unpaired) electrons. The van der Waals surface area contributed by atoms with Gasteiger partial charge in [-0.1, -0.05) is 0 Å². The van der Waals surface area contributed by atoms with Crippen molar-refractivity contribution in [1.29, 1.82) is 0 Å². The Bertz CT molecular complexity index is 410. The minimum atomic E-state index is -1.08. The maximum absolute atomic E-state index is 11.4. The minimum Gasteiger partial charge on any atom is -0.505 e. The Hall–Kier alpha value is -0.850. The quantitative estimate of drug-likeness (QED) is 0.701. The van der Waals surface area contributed by atoms with E-state index in [0.29, 0.717) is 10.5 Å². The molecular weight excluding hydrogens is 224 g/mol. The highest BCUT2D eigenvalue weighted by atomic mass is 32.2. The van der Waals surface area contributed by atoms with Gasteiger partial charge in [0.2, 0.25) is 0 Å². The molecule has 1 aromatic rings. The molecule has 1 aliphatic heterocycles. The summed E-state index contributed by atoms with van der Waals surface area (Å²) >= 11 is 2.36. The van der Waals surface area contributed by atoms with Crippen LogP contribution in [0.2, 0.25) is 0 Å². The average molecular weight is 230 g/mol. The number of aliphatic hydroxyl groups is 1. The standard InChI is InChI=1S/C8H6O4S2/c9-1-4-7(12)5-6(11)3(10)2-13-8(5)14-4/h1,3,10,12H,2H2. The Morgan fingerprint density at radius 3 is 2.86 bits per heavy atom. The van der Waals surface area contributed by atoms with E-state index in [9.17, 15) is 19.8 Å². The van der Waals surface area contributed by atoms with Gasteiger partial charge in [-0.25, -0.2) is 0 Å². The summed E-state index contributed by atoms with van der Waals surface area (Å²) in [6.45, 7) is 0. The van der Waals surface area contributed by atoms with E-state index in [4.69, 9.17) is 0 Å². The van der Waals surface area contributed by atoms with Gasteiger partial charge in [-0.2, -0.15) is 0 Å². The molecule has 2 N–H and O–H groups in total. The third-order valence-electron chi connectivity index (χ3n) is 1.91. The van der Waals surface area contributed by atoms with Crippen LogP contribution >= 0.6 is 23.1 Å². The summed E-state index contributed by atoms with van der Waals surface area (Å²) in [6, 6.07) is 0. The zero-order chi connectivity index (χ0) is 10.3. The zero-order valence-electron chi connectivity index (χ0n) is 6.89. The number of rotatable bonds is 1. The molecule has 0 spiro atoms. The van der Waals surface area contributed by atoms with E-state index in [1.807, 2.05) is 0 Å². The fourth-order valence-electron chi connectivity index (χ4n) is 1.21. The smallest absolute Gasteiger partial charge is 0.197 e. The van der Waals surface area contributed by atoms with Crippen molar-refractivity contribution in [2.75, 3.05) is 5.75 Å². The Labute approximate surface area is 87.6 Å². The number of aliphatic hydroxyl groups excluding tert-OH is 1. The van der Waals surface area contributed by atoms with Crippen LogP contribution in [0.15, 0.2) is 4.21 Å². The van der Waals surface area contributed by atoms with Crippen molar-refractivity contribution in [3.63, 3.8) is 0 Å². The van der Waals surface area contributed by atoms with Crippen molar-refractivity contribution in [2.24, 2.45) is 0 Å². The van der Waals surface area contributed by atoms with Crippen LogP contribution in [-0.2, 0) is 0 Å². The fourth-order valence-corrected chi connectivity index (χ4v) is 3.47. The van der Waals surface area contributed by atoms with Gasteiger partial charge in [0.15, 0.2) is 12.1 Å². The van der Waals surface area contributed by atoms with Crippen LogP contribution in [0.25, 0.3) is 0 Å². The number of carbonyl (C=O) groups is 2. The van der Waals surface area contributed by atoms with Gasteiger partial charge in [0.1, 0.15) is 16.7 Å². The van der Waals surface area contributed by atoms with E-state index >= 15 is 0 Å². The van der Waals surface area contributed by atoms with Crippen LogP contribution in [0.5, 0.6) is 5.75 Å². The summed E-state index contributed by atoms with van der Waals surface area (Å²) in [5, 5.41) is 18.8. The van der Waals surface area contributed by atoms with E-state index in [-0.39, 0.29) is 21.9 Å². The second-order valence-electron chi connectivity index (χ2n) is 2.79. The number of Topliss-reactive ketones (excluding diaryl/α,β-unsaturated/α-hetero) is 1. The van der Waals surface area contributed by atoms with Crippen LogP contribution in [0, 0.1) is 0 Å². The first kappa shape index (κ1) is 9.70. The Kier molecular flexibility index (Phi) is 2.34. The van der Waals surface area contributed by atoms with Gasteiger partial charge < -0.3 is 10.2 Å². The molecule has 1 aliphatic rings. The molecule has 0 fully saturated rings. The largest absolute Gasteiger partial charge is 0.505 e. The van der Waals surface area contributed by atoms with Crippen molar-refractivity contribution >= 4 is 35.2 Å². The second-order valence-corrected chi connectivity index (χ2v) is 5.13. The maximum Gasteiger partial charge on any atom is 0.197 e. The number of thiophene rings is 1. The molecule has 1 atom stereocenters. The number of thioether (sulfide) groups is 1. The van der Waals surface area contributed by atoms with Crippen molar-refractivity contribution in [3.8, 4) is 5.75 Å². The second kappa shape index (κ2) is 3.38. The molecule has 2 heterocycles. The highest BCUT2D eigenvalue weighted by molar-refractivity contribution is 8.01. The molecule has 0 saturated heterocycles. The molecule has 2 rings (SSSR count). The summed E-state index contributed by atoms with van der Waals surface area (Å²) in [5.41, 5.74) is 0.0980. The lowest BCUT2D eigenvalue weighted by Crippen LogP contribution is -2.26. The lowest BCUT2D eigenvalue weighted by molar-refractivity contribution is 0.0777. The maximum atomic E-state index is 11.4. The Balaban J connectivity index is 2.59. The number of hydrogen-bond acceptors (Lipinski definition) is 6. The van der Waals surface area contributed by atoms with Gasteiger partial charge >= 0.3 is 0 Å². The number of carbonyl (C=O) groups excluding carboxylic acids is 2. The molecular formula is C8H6O4S2. The minimum absolute atomic E-state index is 0.0980. The van der Waals surface area contributed by atoms with E-state index in [0.717, 1.165) is 11.3 Å². The molecule has 4 nitrogen and oxygen atoms in total. The Morgan fingerprint density at radius 1 is 1.50 bits per heavy atom. The Morgan fingerprint density at radius 2 is 2.21 bits per heavy atom. The first-order chi connectivity index (χ1) is 6.65. The fraction of sp³-hybridized carbons (Fsp3) is 0.250. The normalized spacial score (nSPS) is 20.6. The molecule has 1 aromatic heterocycles. The number of aldehydes is 1. The molecule has 6 heteroatoms. The summed E-state index contributed by atoms with van der Waals surface area (Å²) < 4.78 is 0.611. The lowest BCUT2D eigenvalue weighted by atomic mass is 10.1. The number of fused-ring (bicyclic) bond motifs is 1. The van der Waals surface area contributed by atoms with Gasteiger partial charge in [-0.05, 0) is 0 Å². The molecule has 0 aliphatic carbocycles. The highest BCUT2D eigenvalue weighted by Crippen LogP contribution is 2.43. The van der Waals surface area contributed by atoms with Gasteiger partial charge in [-0.3, -0.25) is 9.59 Å². The van der Waals surface area contributed by atoms with Gasteiger partial charge in [-0.15, -0.1) is 23.1 Å². The van der Waals surface area contributed by atoms with E-state index in [1.165, 1.54) is 11.8 Å².